The molecule has 8 nitrogen and oxygen atoms in total. The molecule has 0 radical (unpaired) electrons. The summed E-state index contributed by atoms with van der Waals surface area (Å²) in [6, 6.07) is 16.1. The zero-order chi connectivity index (χ0) is 21.4. The molecular formula is C23H20N7O-. The normalized spacial score (nSPS) is 13.4. The quantitative estimate of drug-likeness (QED) is 0.510. The van der Waals surface area contributed by atoms with Crippen molar-refractivity contribution in [2.24, 2.45) is 0 Å². The molecule has 0 unspecified atom stereocenters. The van der Waals surface area contributed by atoms with Crippen molar-refractivity contribution in [1.29, 1.82) is 0 Å². The van der Waals surface area contributed by atoms with Crippen molar-refractivity contribution in [3.63, 3.8) is 0 Å². The van der Waals surface area contributed by atoms with Gasteiger partial charge in [0.25, 0.3) is 0 Å². The Bertz CT molecular complexity index is 1250. The van der Waals surface area contributed by atoms with E-state index < -0.39 is 0 Å². The van der Waals surface area contributed by atoms with E-state index in [1.165, 1.54) is 0 Å². The van der Waals surface area contributed by atoms with Crippen molar-refractivity contribution in [3.05, 3.63) is 71.2 Å². The number of nitrogens with zero attached hydrogens (tertiary/aromatic N) is 7. The molecule has 5 rings (SSSR count). The fourth-order valence-corrected chi connectivity index (χ4v) is 4.04. The first-order valence-corrected chi connectivity index (χ1v) is 10.1. The maximum atomic E-state index is 12.7. The Kier molecular flexibility index (Phi) is 4.74. The maximum Gasteiger partial charge on any atom is 0.228 e. The number of carbonyl (C=O) groups excluding carboxylic acids is 1. The number of aromatic nitrogens is 6. The number of aryl methyl sites for hydroxylation is 2. The minimum atomic E-state index is 0.0905. The van der Waals surface area contributed by atoms with Crippen LogP contribution in [0.2, 0.25) is 0 Å². The second-order valence-corrected chi connectivity index (χ2v) is 7.58. The SMILES string of the molecule is Cc1nc(C)c2c(n1)N(Cc1ccc(-c3ccccc3-c3nnn[n-]3)cc1)C(=O)CC2. The van der Waals surface area contributed by atoms with E-state index in [9.17, 15) is 4.79 Å². The molecule has 0 N–H and O–H groups in total. The highest BCUT2D eigenvalue weighted by Gasteiger charge is 2.27. The Morgan fingerprint density at radius 2 is 1.74 bits per heavy atom. The van der Waals surface area contributed by atoms with E-state index in [4.69, 9.17) is 0 Å². The molecule has 2 aromatic carbocycles. The first-order valence-electron chi connectivity index (χ1n) is 10.1. The number of tetrazole rings is 1. The zero-order valence-electron chi connectivity index (χ0n) is 17.3. The number of benzene rings is 2. The molecule has 4 aromatic rings. The predicted octanol–water partition coefficient (Wildman–Crippen LogP) is 3.05. The lowest BCUT2D eigenvalue weighted by Gasteiger charge is -2.29. The van der Waals surface area contributed by atoms with Gasteiger partial charge in [-0.2, -0.15) is 5.21 Å². The van der Waals surface area contributed by atoms with Crippen molar-refractivity contribution in [2.75, 3.05) is 4.90 Å². The molecule has 0 fully saturated rings. The average molecular weight is 410 g/mol. The summed E-state index contributed by atoms with van der Waals surface area (Å²) in [4.78, 5) is 23.5. The summed E-state index contributed by atoms with van der Waals surface area (Å²) in [7, 11) is 0. The summed E-state index contributed by atoms with van der Waals surface area (Å²) in [5.74, 6) is 2.01. The number of carbonyl (C=O) groups is 1. The predicted molar refractivity (Wildman–Crippen MR) is 115 cm³/mol. The second-order valence-electron chi connectivity index (χ2n) is 7.58. The van der Waals surface area contributed by atoms with Crippen LogP contribution in [0.5, 0.6) is 0 Å². The molecule has 1 amide bonds. The molecule has 0 bridgehead atoms. The Hall–Kier alpha value is -3.94. The smallest absolute Gasteiger partial charge is 0.228 e. The lowest BCUT2D eigenvalue weighted by Crippen LogP contribution is -2.36. The van der Waals surface area contributed by atoms with Crippen LogP contribution in [0.3, 0.4) is 0 Å². The van der Waals surface area contributed by atoms with Gasteiger partial charge in [-0.3, -0.25) is 20.0 Å². The lowest BCUT2D eigenvalue weighted by atomic mass is 9.98. The van der Waals surface area contributed by atoms with E-state index in [1.54, 1.807) is 4.90 Å². The van der Waals surface area contributed by atoms with E-state index in [2.05, 4.69) is 30.6 Å². The number of fused-ring (bicyclic) bond motifs is 1. The van der Waals surface area contributed by atoms with Gasteiger partial charge in [0.2, 0.25) is 5.91 Å². The van der Waals surface area contributed by atoms with Crippen molar-refractivity contribution in [1.82, 2.24) is 30.6 Å². The van der Waals surface area contributed by atoms with Gasteiger partial charge in [0.1, 0.15) is 11.6 Å². The first kappa shape index (κ1) is 19.0. The molecule has 0 spiro atoms. The third kappa shape index (κ3) is 3.56. The number of hydrogen-bond acceptors (Lipinski definition) is 6. The minimum absolute atomic E-state index is 0.0905. The summed E-state index contributed by atoms with van der Waals surface area (Å²) in [6.07, 6.45) is 1.17. The monoisotopic (exact) mass is 410 g/mol. The van der Waals surface area contributed by atoms with Gasteiger partial charge in [-0.1, -0.05) is 48.5 Å². The van der Waals surface area contributed by atoms with Crippen LogP contribution in [0.4, 0.5) is 5.82 Å². The summed E-state index contributed by atoms with van der Waals surface area (Å²) >= 11 is 0. The van der Waals surface area contributed by atoms with Crippen LogP contribution in [0.1, 0.15) is 29.1 Å². The molecule has 8 heteroatoms. The van der Waals surface area contributed by atoms with Gasteiger partial charge >= 0.3 is 0 Å². The van der Waals surface area contributed by atoms with Crippen molar-refractivity contribution >= 4 is 11.7 Å². The molecule has 2 aromatic heterocycles. The fourth-order valence-electron chi connectivity index (χ4n) is 4.04. The molecule has 31 heavy (non-hydrogen) atoms. The Morgan fingerprint density at radius 1 is 0.968 bits per heavy atom. The van der Waals surface area contributed by atoms with E-state index in [0.29, 0.717) is 31.0 Å². The third-order valence-corrected chi connectivity index (χ3v) is 5.54. The molecule has 0 aliphatic carbocycles. The van der Waals surface area contributed by atoms with Gasteiger partial charge in [-0.25, -0.2) is 9.97 Å². The summed E-state index contributed by atoms with van der Waals surface area (Å²) in [6.45, 7) is 4.32. The van der Waals surface area contributed by atoms with E-state index in [-0.39, 0.29) is 5.91 Å². The molecule has 0 atom stereocenters. The average Bonchev–Trinajstić information content (AvgIpc) is 3.31. The highest BCUT2D eigenvalue weighted by molar-refractivity contribution is 5.95. The molecule has 1 aliphatic rings. The van der Waals surface area contributed by atoms with E-state index in [0.717, 1.165) is 39.3 Å². The first-order chi connectivity index (χ1) is 15.1. The van der Waals surface area contributed by atoms with Crippen molar-refractivity contribution < 1.29 is 4.79 Å². The Balaban J connectivity index is 1.45. The zero-order valence-corrected chi connectivity index (χ0v) is 17.3. The van der Waals surface area contributed by atoms with Gasteiger partial charge < -0.3 is 5.10 Å². The van der Waals surface area contributed by atoms with Gasteiger partial charge in [-0.15, -0.1) is 0 Å². The van der Waals surface area contributed by atoms with Crippen LogP contribution in [-0.4, -0.2) is 31.4 Å². The van der Waals surface area contributed by atoms with Crippen LogP contribution < -0.4 is 10.00 Å². The van der Waals surface area contributed by atoms with Crippen LogP contribution in [0, 0.1) is 13.8 Å². The lowest BCUT2D eigenvalue weighted by molar-refractivity contribution is -0.119. The summed E-state index contributed by atoms with van der Waals surface area (Å²) in [5.41, 5.74) is 5.95. The molecule has 1 aliphatic heterocycles. The third-order valence-electron chi connectivity index (χ3n) is 5.54. The number of rotatable bonds is 4. The van der Waals surface area contributed by atoms with Gasteiger partial charge in [0, 0.05) is 23.5 Å². The molecule has 0 saturated carbocycles. The van der Waals surface area contributed by atoms with Gasteiger partial charge in [-0.05, 0) is 42.5 Å². The molecule has 3 heterocycles. The standard InChI is InChI=1S/C23H20N7O/c1-14-18-11-12-21(31)30(23(18)25-15(2)24-14)13-16-7-9-17(10-8-16)19-5-3-4-6-20(19)22-26-28-29-27-22/h3-10H,11-13H2,1-2H3/q-1. The fraction of sp³-hybridized carbons (Fsp3) is 0.217. The summed E-state index contributed by atoms with van der Waals surface area (Å²) in [5, 5.41) is 15.1. The van der Waals surface area contributed by atoms with Crippen LogP contribution in [0.15, 0.2) is 48.5 Å². The largest absolute Gasteiger partial charge is 0.330 e. The topological polar surface area (TPSA) is 98.9 Å². The number of anilines is 1. The number of amides is 1. The van der Waals surface area contributed by atoms with E-state index >= 15 is 0 Å². The van der Waals surface area contributed by atoms with Crippen LogP contribution >= 0.6 is 0 Å². The Morgan fingerprint density at radius 3 is 2.48 bits per heavy atom. The van der Waals surface area contributed by atoms with Crippen LogP contribution in [0.25, 0.3) is 22.5 Å². The van der Waals surface area contributed by atoms with Crippen molar-refractivity contribution in [2.45, 2.75) is 33.2 Å². The molecule has 0 saturated heterocycles. The van der Waals surface area contributed by atoms with E-state index in [1.807, 2.05) is 62.4 Å². The highest BCUT2D eigenvalue weighted by atomic mass is 16.2. The minimum Gasteiger partial charge on any atom is -0.330 e. The second kappa shape index (κ2) is 7.71. The number of hydrogen-bond donors (Lipinski definition) is 0. The van der Waals surface area contributed by atoms with Gasteiger partial charge in [0.15, 0.2) is 0 Å². The molecule has 154 valence electrons. The maximum absolute atomic E-state index is 12.7. The molecular weight excluding hydrogens is 390 g/mol. The summed E-state index contributed by atoms with van der Waals surface area (Å²) < 4.78 is 0. The highest BCUT2D eigenvalue weighted by Crippen LogP contribution is 2.31. The van der Waals surface area contributed by atoms with Crippen LogP contribution in [-0.2, 0) is 17.8 Å². The Labute approximate surface area is 179 Å². The van der Waals surface area contributed by atoms with Gasteiger partial charge in [0.05, 0.1) is 6.54 Å². The van der Waals surface area contributed by atoms with Crippen molar-refractivity contribution in [3.8, 4) is 22.5 Å².